The van der Waals surface area contributed by atoms with Gasteiger partial charge in [0.2, 0.25) is 11.8 Å². The molecule has 10 rings (SSSR count). The van der Waals surface area contributed by atoms with Crippen LogP contribution in [-0.4, -0.2) is 149 Å². The Morgan fingerprint density at radius 2 is 1.28 bits per heavy atom. The molecule has 0 spiro atoms. The van der Waals surface area contributed by atoms with Crippen molar-refractivity contribution in [1.82, 2.24) is 5.32 Å². The molecule has 1 atom stereocenters. The van der Waals surface area contributed by atoms with E-state index in [0.29, 0.717) is 74.4 Å². The number of amides is 2. The normalized spacial score (nSPS) is 16.0. The number of para-hydroxylation sites is 1. The van der Waals surface area contributed by atoms with Crippen molar-refractivity contribution in [2.24, 2.45) is 5.92 Å². The number of hydrogen-bond donors (Lipinski definition) is 1. The second kappa shape index (κ2) is 42.5. The van der Waals surface area contributed by atoms with Gasteiger partial charge in [0, 0.05) is 106 Å². The molecule has 37 heteroatoms. The average molecular weight is 1640 g/mol. The number of benzene rings is 6. The van der Waals surface area contributed by atoms with E-state index in [4.69, 9.17) is 25.3 Å². The first kappa shape index (κ1) is 98.3. The Labute approximate surface area is 743 Å². The van der Waals surface area contributed by atoms with Gasteiger partial charge >= 0.3 is 169 Å². The first-order valence-electron chi connectivity index (χ1n) is 32.0. The van der Waals surface area contributed by atoms with Gasteiger partial charge in [-0.25, -0.2) is 38.1 Å². The molecule has 25 nitrogen and oxygen atoms in total. The van der Waals surface area contributed by atoms with Crippen LogP contribution >= 0.6 is 0 Å². The van der Waals surface area contributed by atoms with Crippen molar-refractivity contribution in [1.29, 1.82) is 0 Å². The molecule has 0 fully saturated rings. The first-order chi connectivity index (χ1) is 48.3. The Hall–Kier alpha value is -3.88. The summed E-state index contributed by atoms with van der Waals surface area (Å²) in [5, 5.41) is 3.93. The van der Waals surface area contributed by atoms with Gasteiger partial charge in [-0.05, 0) is 133 Å². The van der Waals surface area contributed by atoms with Crippen molar-refractivity contribution in [3.05, 3.63) is 209 Å². The van der Waals surface area contributed by atoms with Crippen molar-refractivity contribution in [3.8, 4) is 11.8 Å². The molecule has 548 valence electrons. The fourth-order valence-electron chi connectivity index (χ4n) is 13.4. The van der Waals surface area contributed by atoms with Gasteiger partial charge in [0.25, 0.3) is 0 Å². The van der Waals surface area contributed by atoms with Crippen LogP contribution < -0.4 is 168 Å². The van der Waals surface area contributed by atoms with Gasteiger partial charge in [-0.2, -0.15) is 11.0 Å². The van der Waals surface area contributed by atoms with Crippen LogP contribution in [0.3, 0.4) is 0 Å². The molecule has 0 saturated heterocycles. The van der Waals surface area contributed by atoms with Crippen LogP contribution in [0.1, 0.15) is 106 Å². The Kier molecular flexibility index (Phi) is 38.7. The minimum absolute atomic E-state index is 0. The van der Waals surface area contributed by atoms with Crippen molar-refractivity contribution in [2.75, 3.05) is 64.7 Å². The molecular formula is C71H71FN5Na5O20S6. The van der Waals surface area contributed by atoms with Gasteiger partial charge < -0.3 is 45.2 Å². The molecular weight excluding hydrogens is 1570 g/mol. The van der Waals surface area contributed by atoms with E-state index in [1.165, 1.54) is 12.1 Å². The third kappa shape index (κ3) is 26.3. The number of carbonyl (C=O) groups is 2. The molecule has 0 bridgehead atoms. The summed E-state index contributed by atoms with van der Waals surface area (Å²) < 4.78 is 213. The molecule has 3 heterocycles. The summed E-state index contributed by atoms with van der Waals surface area (Å²) >= 11 is 0. The van der Waals surface area contributed by atoms with Crippen LogP contribution in [0.4, 0.5) is 27.1 Å². The van der Waals surface area contributed by atoms with Crippen LogP contribution in [0, 0.1) is 36.6 Å². The first-order valence-corrected chi connectivity index (χ1v) is 40.2. The van der Waals surface area contributed by atoms with Crippen LogP contribution in [0.2, 0.25) is 0 Å². The summed E-state index contributed by atoms with van der Waals surface area (Å²) in [6.07, 6.45) is 7.54. The summed E-state index contributed by atoms with van der Waals surface area (Å²) in [5.41, 5.74) is 7.39. The summed E-state index contributed by atoms with van der Waals surface area (Å²) in [4.78, 5) is 34.5. The van der Waals surface area contributed by atoms with Gasteiger partial charge in [-0.15, -0.1) is 54.9 Å². The minimum atomic E-state index is -4.95. The van der Waals surface area contributed by atoms with Gasteiger partial charge in [-0.3, -0.25) is 9.59 Å². The number of allylic oxidation sites excluding steroid dienone is 8. The van der Waals surface area contributed by atoms with Crippen molar-refractivity contribution in [3.63, 3.8) is 0 Å². The molecule has 0 radical (unpaired) electrons. The maximum Gasteiger partial charge on any atom is 1.00 e. The Morgan fingerprint density at radius 1 is 0.704 bits per heavy atom. The van der Waals surface area contributed by atoms with Gasteiger partial charge in [-0.1, -0.05) is 91.8 Å². The largest absolute Gasteiger partial charge is 1.00 e. The van der Waals surface area contributed by atoms with Crippen LogP contribution in [0.15, 0.2) is 161 Å². The van der Waals surface area contributed by atoms with E-state index >= 15 is 9.18 Å². The van der Waals surface area contributed by atoms with Crippen LogP contribution in [0.25, 0.3) is 16.3 Å². The zero-order chi connectivity index (χ0) is 75.6. The number of halogens is 1. The van der Waals surface area contributed by atoms with E-state index in [-0.39, 0.29) is 231 Å². The number of hydrogen-bond acceptors (Lipinski definition) is 22. The predicted molar refractivity (Wildman–Crippen MR) is 379 cm³/mol. The number of fused-ring (bicyclic) bond motifs is 6. The molecule has 2 amide bonds. The third-order valence-corrected chi connectivity index (χ3v) is 21.0. The van der Waals surface area contributed by atoms with Crippen molar-refractivity contribution < 1.29 is 243 Å². The summed E-state index contributed by atoms with van der Waals surface area (Å²) in [7, 11) is -25.0. The fourth-order valence-corrected chi connectivity index (χ4v) is 15.3. The minimum Gasteiger partial charge on any atom is -0.752 e. The van der Waals surface area contributed by atoms with E-state index in [1.807, 2.05) is 105 Å². The van der Waals surface area contributed by atoms with Gasteiger partial charge in [0.1, 0.15) is 12.4 Å². The third-order valence-electron chi connectivity index (χ3n) is 17.8. The Morgan fingerprint density at radius 3 is 1.88 bits per heavy atom. The number of carbonyl (C=O) groups excluding carboxylic acids is 2. The molecule has 1 aliphatic carbocycles. The second-order valence-corrected chi connectivity index (χ2v) is 32.2. The molecule has 108 heavy (non-hydrogen) atoms. The predicted octanol–water partition coefficient (Wildman–Crippen LogP) is -7.61. The molecule has 1 unspecified atom stereocenters. The smallest absolute Gasteiger partial charge is 0.752 e. The van der Waals surface area contributed by atoms with E-state index < -0.39 is 112 Å². The maximum atomic E-state index is 16.9. The second-order valence-electron chi connectivity index (χ2n) is 25.5. The molecule has 0 saturated carbocycles. The standard InChI is InChI=1S/C71H75FN5O14S4.5Na.2O3S/c1-6-36-75-62-31-28-55(74(37-13-40-92(80,81)82)38-14-41-93(83,84)85)45-59(62)70(2,3)64(75)32-26-51-43-54(69(79)73-35-34-66(78)77-47-53-18-8-7-16-48(53)22-23-50-17-9-12-21-61(50)77)44-52(67(51)57-19-10-11-20-60(57)72)27-33-65-71(4,5)68-58-46-56(95(89,90)91)29-24-49(58)25-30-63(68)76(65)39-15-42-94(86,87)88;;;;;;2*1-4(2)3/h7-12,16-21,25-33,45-46,54H,1,6,13-15,34-44,47H2,2-5H3,(H,73,79)(H,80,81,82)(H,83,84,85)(H,86,87,88)(H,89,90,91);;;;;;;/q-1;5*+1;;/p-4. The Balaban J connectivity index is 0.00000222. The SMILES string of the molecule is O=S(=O)=O.O=S(=O)=O.[CH2-]CCN1/C(=C/C=C2\CC(C(=O)NCCC(=O)N3Cc4ccccc4C#Cc4ccccc43)CC(/C=C/C3=[N+](CCCS(=O)(=O)[O-])c4ccc5[c-]cc(S(=O)(=O)[O-])cc5c4C3(C)C)=C2c2ccccc2F)C(C)(C)c2cc(N(CCCS(=O)(=O)[O-])CCCS(=O)(=O)[O-])ccc21.[Na+].[Na+].[Na+].[Na+].[Na+]. The van der Waals surface area contributed by atoms with E-state index in [9.17, 15) is 56.7 Å². The quantitative estimate of drug-likeness (QED) is 0.0193. The summed E-state index contributed by atoms with van der Waals surface area (Å²) in [6.45, 7) is 12.6. The number of anilines is 3. The van der Waals surface area contributed by atoms with E-state index in [1.54, 1.807) is 58.4 Å². The monoisotopic (exact) mass is 1640 g/mol. The molecule has 6 aromatic carbocycles. The maximum absolute atomic E-state index is 16.9. The summed E-state index contributed by atoms with van der Waals surface area (Å²) in [5.74, 6) is 2.31. The molecule has 4 aliphatic rings. The summed E-state index contributed by atoms with van der Waals surface area (Å²) in [6, 6.07) is 35.5. The van der Waals surface area contributed by atoms with Crippen LogP contribution in [0.5, 0.6) is 0 Å². The number of rotatable bonds is 24. The van der Waals surface area contributed by atoms with E-state index in [0.717, 1.165) is 34.1 Å². The van der Waals surface area contributed by atoms with Crippen molar-refractivity contribution in [2.45, 2.75) is 94.9 Å². The fraction of sp³-hybridized carbons (Fsp3) is 0.324. The zero-order valence-corrected chi connectivity index (χ0v) is 76.1. The zero-order valence-electron chi connectivity index (χ0n) is 61.2. The average Bonchev–Trinajstić information content (AvgIpc) is 1.57. The molecule has 1 N–H and O–H groups in total. The van der Waals surface area contributed by atoms with Crippen LogP contribution in [-0.2, 0) is 88.7 Å². The number of nitrogens with one attached hydrogen (secondary N) is 1. The van der Waals surface area contributed by atoms with E-state index in [2.05, 4.69) is 35.0 Å². The molecule has 6 aromatic rings. The van der Waals surface area contributed by atoms with Crippen molar-refractivity contribution >= 4 is 118 Å². The number of nitrogens with zero attached hydrogens (tertiary/aromatic N) is 4. The Bertz CT molecular complexity index is 5250. The van der Waals surface area contributed by atoms with Gasteiger partial charge in [0.15, 0.2) is 11.4 Å². The van der Waals surface area contributed by atoms with Gasteiger partial charge in [0.05, 0.1) is 58.1 Å². The molecule has 0 aromatic heterocycles. The molecule has 3 aliphatic heterocycles. The topological polar surface area (TPSA) is 390 Å².